The van der Waals surface area contributed by atoms with Gasteiger partial charge in [-0.25, -0.2) is 4.68 Å². The van der Waals surface area contributed by atoms with E-state index in [0.29, 0.717) is 23.3 Å². The molecule has 0 amide bonds. The van der Waals surface area contributed by atoms with Gasteiger partial charge in [-0.2, -0.15) is 5.10 Å². The van der Waals surface area contributed by atoms with Crippen molar-refractivity contribution in [2.75, 3.05) is 18.4 Å². The Bertz CT molecular complexity index is 1220. The monoisotopic (exact) mass is 432 g/mol. The number of β-amino-alcohol motifs (C(OH)–C–C–N with tert-alkyl or cyclic N) is 1. The van der Waals surface area contributed by atoms with E-state index >= 15 is 0 Å². The minimum Gasteiger partial charge on any atom is -0.405 e. The molecule has 0 radical (unpaired) electrons. The SMILES string of the molecule is N/C=C\C(=C/N)Nc1ccc2cnn(CC(O)CN3CCc4ccccc4C3)c(=O)c2c1. The third-order valence-electron chi connectivity index (χ3n) is 5.66. The van der Waals surface area contributed by atoms with Gasteiger partial charge in [0.1, 0.15) is 0 Å². The minimum atomic E-state index is -0.703. The molecule has 0 bridgehead atoms. The van der Waals surface area contributed by atoms with Crippen LogP contribution in [-0.4, -0.2) is 39.0 Å². The standard InChI is InChI=1S/C24H28N6O2/c25-9-7-21(12-26)28-20-6-5-18-13-27-30(24(32)23(18)11-20)16-22(31)15-29-10-8-17-3-1-2-4-19(17)14-29/h1-7,9,11-13,22,28,31H,8,10,14-16,25-26H2/b9-7-,21-12+. The Morgan fingerprint density at radius 1 is 1.19 bits per heavy atom. The number of allylic oxidation sites excluding steroid dienone is 1. The molecule has 1 atom stereocenters. The molecular weight excluding hydrogens is 404 g/mol. The van der Waals surface area contributed by atoms with Crippen LogP contribution in [0.4, 0.5) is 5.69 Å². The average molecular weight is 433 g/mol. The first-order valence-electron chi connectivity index (χ1n) is 10.6. The summed E-state index contributed by atoms with van der Waals surface area (Å²) < 4.78 is 1.33. The molecule has 1 aliphatic rings. The van der Waals surface area contributed by atoms with Crippen molar-refractivity contribution in [2.45, 2.75) is 25.6 Å². The number of aromatic nitrogens is 2. The third kappa shape index (κ3) is 4.82. The summed E-state index contributed by atoms with van der Waals surface area (Å²) in [5.41, 5.74) is 14.7. The number of fused-ring (bicyclic) bond motifs is 2. The van der Waals surface area contributed by atoms with Gasteiger partial charge in [0, 0.05) is 36.9 Å². The fraction of sp³-hybridized carbons (Fsp3) is 0.250. The number of aliphatic hydroxyl groups excluding tert-OH is 1. The van der Waals surface area contributed by atoms with Gasteiger partial charge in [0.2, 0.25) is 0 Å². The zero-order valence-corrected chi connectivity index (χ0v) is 17.8. The maximum atomic E-state index is 13.0. The Hall–Kier alpha value is -3.62. The van der Waals surface area contributed by atoms with Crippen LogP contribution in [0.1, 0.15) is 11.1 Å². The van der Waals surface area contributed by atoms with Crippen molar-refractivity contribution in [2.24, 2.45) is 11.5 Å². The van der Waals surface area contributed by atoms with Crippen molar-refractivity contribution in [3.63, 3.8) is 0 Å². The van der Waals surface area contributed by atoms with Crippen LogP contribution in [-0.2, 0) is 19.5 Å². The van der Waals surface area contributed by atoms with Crippen molar-refractivity contribution in [1.29, 1.82) is 0 Å². The van der Waals surface area contributed by atoms with Crippen LogP contribution in [0.3, 0.4) is 0 Å². The van der Waals surface area contributed by atoms with E-state index < -0.39 is 6.10 Å². The molecule has 32 heavy (non-hydrogen) atoms. The van der Waals surface area contributed by atoms with Crippen molar-refractivity contribution in [3.8, 4) is 0 Å². The molecule has 0 saturated carbocycles. The Balaban J connectivity index is 1.48. The number of nitrogens with one attached hydrogen (secondary N) is 1. The second kappa shape index (κ2) is 9.67. The van der Waals surface area contributed by atoms with Gasteiger partial charge < -0.3 is 21.9 Å². The number of nitrogens with zero attached hydrogens (tertiary/aromatic N) is 3. The van der Waals surface area contributed by atoms with E-state index in [1.165, 1.54) is 28.2 Å². The Kier molecular flexibility index (Phi) is 6.53. The summed E-state index contributed by atoms with van der Waals surface area (Å²) >= 11 is 0. The number of anilines is 1. The van der Waals surface area contributed by atoms with E-state index in [-0.39, 0.29) is 12.1 Å². The lowest BCUT2D eigenvalue weighted by atomic mass is 10.00. The van der Waals surface area contributed by atoms with Gasteiger partial charge in [0.25, 0.3) is 5.56 Å². The predicted molar refractivity (Wildman–Crippen MR) is 127 cm³/mol. The zero-order chi connectivity index (χ0) is 22.5. The molecule has 0 aliphatic carbocycles. The molecule has 6 N–H and O–H groups in total. The smallest absolute Gasteiger partial charge is 0.274 e. The zero-order valence-electron chi connectivity index (χ0n) is 17.8. The van der Waals surface area contributed by atoms with Crippen molar-refractivity contribution >= 4 is 16.5 Å². The van der Waals surface area contributed by atoms with Crippen LogP contribution in [0.25, 0.3) is 10.8 Å². The number of rotatable bonds is 7. The van der Waals surface area contributed by atoms with Crippen LogP contribution in [0.5, 0.6) is 0 Å². The van der Waals surface area contributed by atoms with Gasteiger partial charge in [-0.1, -0.05) is 30.3 Å². The lowest BCUT2D eigenvalue weighted by Gasteiger charge is -2.30. The Morgan fingerprint density at radius 2 is 2.00 bits per heavy atom. The molecule has 2 heterocycles. The summed E-state index contributed by atoms with van der Waals surface area (Å²) in [5.74, 6) is 0. The molecule has 1 unspecified atom stereocenters. The topological polar surface area (TPSA) is 122 Å². The van der Waals surface area contributed by atoms with Crippen LogP contribution < -0.4 is 22.3 Å². The maximum Gasteiger partial charge on any atom is 0.274 e. The first-order chi connectivity index (χ1) is 15.6. The largest absolute Gasteiger partial charge is 0.405 e. The molecule has 0 saturated heterocycles. The molecule has 8 heteroatoms. The summed E-state index contributed by atoms with van der Waals surface area (Å²) in [4.78, 5) is 15.2. The molecule has 1 aromatic heterocycles. The maximum absolute atomic E-state index is 13.0. The summed E-state index contributed by atoms with van der Waals surface area (Å²) in [7, 11) is 0. The number of aliphatic hydroxyl groups is 1. The summed E-state index contributed by atoms with van der Waals surface area (Å²) in [6.45, 7) is 2.31. The molecule has 8 nitrogen and oxygen atoms in total. The van der Waals surface area contributed by atoms with Gasteiger partial charge in [-0.15, -0.1) is 0 Å². The van der Waals surface area contributed by atoms with E-state index in [1.807, 2.05) is 18.2 Å². The summed E-state index contributed by atoms with van der Waals surface area (Å²) in [6.07, 6.45) is 6.31. The highest BCUT2D eigenvalue weighted by molar-refractivity contribution is 5.84. The van der Waals surface area contributed by atoms with Gasteiger partial charge in [-0.3, -0.25) is 9.69 Å². The molecule has 2 aromatic carbocycles. The Morgan fingerprint density at radius 3 is 2.78 bits per heavy atom. The molecule has 0 spiro atoms. The average Bonchev–Trinajstić information content (AvgIpc) is 2.81. The van der Waals surface area contributed by atoms with E-state index in [1.54, 1.807) is 18.3 Å². The number of hydrogen-bond donors (Lipinski definition) is 4. The fourth-order valence-electron chi connectivity index (χ4n) is 4.06. The van der Waals surface area contributed by atoms with Gasteiger partial charge >= 0.3 is 0 Å². The van der Waals surface area contributed by atoms with E-state index in [4.69, 9.17) is 11.5 Å². The Labute approximate surface area is 186 Å². The highest BCUT2D eigenvalue weighted by atomic mass is 16.3. The quantitative estimate of drug-likeness (QED) is 0.417. The number of benzene rings is 2. The summed E-state index contributed by atoms with van der Waals surface area (Å²) in [5, 5.41) is 19.3. The fourth-order valence-corrected chi connectivity index (χ4v) is 4.06. The first-order valence-corrected chi connectivity index (χ1v) is 10.6. The molecule has 0 fully saturated rings. The predicted octanol–water partition coefficient (Wildman–Crippen LogP) is 1.50. The normalized spacial score (nSPS) is 15.7. The van der Waals surface area contributed by atoms with Gasteiger partial charge in [-0.05, 0) is 42.0 Å². The van der Waals surface area contributed by atoms with E-state index in [9.17, 15) is 9.90 Å². The third-order valence-corrected chi connectivity index (χ3v) is 5.66. The number of nitrogens with two attached hydrogens (primary N) is 2. The molecule has 166 valence electrons. The number of hydrogen-bond acceptors (Lipinski definition) is 7. The van der Waals surface area contributed by atoms with Crippen LogP contribution in [0, 0.1) is 0 Å². The second-order valence-electron chi connectivity index (χ2n) is 7.95. The van der Waals surface area contributed by atoms with Gasteiger partial charge in [0.15, 0.2) is 0 Å². The minimum absolute atomic E-state index is 0.133. The second-order valence-corrected chi connectivity index (χ2v) is 7.95. The van der Waals surface area contributed by atoms with Crippen molar-refractivity contribution in [3.05, 3.63) is 94.3 Å². The van der Waals surface area contributed by atoms with Crippen LogP contribution in [0.15, 0.2) is 77.6 Å². The van der Waals surface area contributed by atoms with Crippen molar-refractivity contribution in [1.82, 2.24) is 14.7 Å². The lowest BCUT2D eigenvalue weighted by Crippen LogP contribution is -2.40. The summed E-state index contributed by atoms with van der Waals surface area (Å²) in [6, 6.07) is 13.8. The lowest BCUT2D eigenvalue weighted by molar-refractivity contribution is 0.0878. The van der Waals surface area contributed by atoms with E-state index in [0.717, 1.165) is 24.9 Å². The van der Waals surface area contributed by atoms with Crippen LogP contribution >= 0.6 is 0 Å². The molecule has 4 rings (SSSR count). The highest BCUT2D eigenvalue weighted by Gasteiger charge is 2.19. The highest BCUT2D eigenvalue weighted by Crippen LogP contribution is 2.19. The van der Waals surface area contributed by atoms with Gasteiger partial charge in [0.05, 0.1) is 29.9 Å². The van der Waals surface area contributed by atoms with Crippen molar-refractivity contribution < 1.29 is 5.11 Å². The van der Waals surface area contributed by atoms with E-state index in [2.05, 4.69) is 33.5 Å². The first kappa shape index (κ1) is 21.6. The molecule has 1 aliphatic heterocycles. The molecular formula is C24H28N6O2. The molecule has 3 aromatic rings. The van der Waals surface area contributed by atoms with Crippen LogP contribution in [0.2, 0.25) is 0 Å².